The van der Waals surface area contributed by atoms with E-state index in [1.807, 2.05) is 0 Å². The molecule has 2 rings (SSSR count). The molecular formula is C13H12F3NO3. The Labute approximate surface area is 112 Å². The number of carbonyl (C=O) groups is 1. The second kappa shape index (κ2) is 4.73. The molecule has 108 valence electrons. The molecule has 4 nitrogen and oxygen atoms in total. The van der Waals surface area contributed by atoms with E-state index in [0.717, 1.165) is 4.57 Å². The minimum atomic E-state index is -1.32. The minimum absolute atomic E-state index is 0.0148. The fourth-order valence-electron chi connectivity index (χ4n) is 2.17. The molecule has 0 spiro atoms. The van der Waals surface area contributed by atoms with Crippen LogP contribution < -0.4 is 0 Å². The fraction of sp³-hybridized carbons (Fsp3) is 0.308. The predicted molar refractivity (Wildman–Crippen MR) is 65.2 cm³/mol. The summed E-state index contributed by atoms with van der Waals surface area (Å²) in [5.41, 5.74) is -1.18. The molecule has 0 aliphatic carbocycles. The highest BCUT2D eigenvalue weighted by Crippen LogP contribution is 2.36. The van der Waals surface area contributed by atoms with E-state index in [1.165, 1.54) is 20.9 Å². The Morgan fingerprint density at radius 3 is 2.40 bits per heavy atom. The van der Waals surface area contributed by atoms with E-state index in [4.69, 9.17) is 0 Å². The maximum Gasteiger partial charge on any atom is 0.358 e. The van der Waals surface area contributed by atoms with Crippen LogP contribution in [0.3, 0.4) is 0 Å². The molecule has 20 heavy (non-hydrogen) atoms. The summed E-state index contributed by atoms with van der Waals surface area (Å²) in [5, 5.41) is 8.96. The van der Waals surface area contributed by atoms with E-state index in [9.17, 15) is 23.1 Å². The average molecular weight is 287 g/mol. The van der Waals surface area contributed by atoms with Gasteiger partial charge in [0.2, 0.25) is 0 Å². The third-order valence-corrected chi connectivity index (χ3v) is 3.13. The molecule has 1 aromatic carbocycles. The first-order valence-electron chi connectivity index (χ1n) is 5.84. The Balaban J connectivity index is 2.93. The molecule has 1 aromatic heterocycles. The number of ether oxygens (including phenoxy) is 1. The lowest BCUT2D eigenvalue weighted by Crippen LogP contribution is -2.11. The number of hydrogen-bond donors (Lipinski definition) is 1. The molecule has 0 fully saturated rings. The van der Waals surface area contributed by atoms with Crippen LogP contribution in [0.5, 0.6) is 5.75 Å². The van der Waals surface area contributed by atoms with Gasteiger partial charge in [0.25, 0.3) is 0 Å². The lowest BCUT2D eigenvalue weighted by atomic mass is 10.1. The summed E-state index contributed by atoms with van der Waals surface area (Å²) in [6.45, 7) is 2.74. The number of aromatic nitrogens is 1. The number of phenolic OH excluding ortho intramolecular Hbond substituents is 1. The highest BCUT2D eigenvalue weighted by atomic mass is 19.1. The van der Waals surface area contributed by atoms with Gasteiger partial charge in [-0.25, -0.2) is 18.0 Å². The summed E-state index contributed by atoms with van der Waals surface area (Å²) in [5.74, 6) is -5.83. The Morgan fingerprint density at radius 1 is 1.25 bits per heavy atom. The Hall–Kier alpha value is -2.18. The van der Waals surface area contributed by atoms with Gasteiger partial charge >= 0.3 is 5.97 Å². The van der Waals surface area contributed by atoms with Crippen LogP contribution in [0.25, 0.3) is 10.9 Å². The number of halogens is 3. The summed E-state index contributed by atoms with van der Waals surface area (Å²) in [7, 11) is 1.23. The zero-order chi connectivity index (χ0) is 15.2. The number of hydrogen-bond acceptors (Lipinski definition) is 3. The highest BCUT2D eigenvalue weighted by molar-refractivity contribution is 5.98. The minimum Gasteiger partial charge on any atom is -0.503 e. The Morgan fingerprint density at radius 2 is 1.85 bits per heavy atom. The van der Waals surface area contributed by atoms with Crippen molar-refractivity contribution in [1.29, 1.82) is 0 Å². The van der Waals surface area contributed by atoms with Crippen molar-refractivity contribution in [2.24, 2.45) is 7.05 Å². The smallest absolute Gasteiger partial charge is 0.358 e. The lowest BCUT2D eigenvalue weighted by Gasteiger charge is -2.06. The molecule has 0 amide bonds. The van der Waals surface area contributed by atoms with E-state index in [2.05, 4.69) is 4.74 Å². The van der Waals surface area contributed by atoms with E-state index >= 15 is 0 Å². The number of benzene rings is 1. The van der Waals surface area contributed by atoms with Crippen LogP contribution in [-0.2, 0) is 11.8 Å². The summed E-state index contributed by atoms with van der Waals surface area (Å²) in [6, 6.07) is 0. The molecule has 0 saturated heterocycles. The maximum atomic E-state index is 14.3. The fourth-order valence-corrected chi connectivity index (χ4v) is 2.17. The van der Waals surface area contributed by atoms with E-state index in [0.29, 0.717) is 0 Å². The number of rotatable bonds is 2. The van der Waals surface area contributed by atoms with E-state index in [-0.39, 0.29) is 23.1 Å². The van der Waals surface area contributed by atoms with Crippen LogP contribution in [0, 0.1) is 24.4 Å². The van der Waals surface area contributed by atoms with Crippen molar-refractivity contribution in [2.45, 2.75) is 13.8 Å². The van der Waals surface area contributed by atoms with Crippen LogP contribution in [0.2, 0.25) is 0 Å². The largest absolute Gasteiger partial charge is 0.503 e. The van der Waals surface area contributed by atoms with Gasteiger partial charge in [-0.05, 0) is 13.8 Å². The highest BCUT2D eigenvalue weighted by Gasteiger charge is 2.29. The van der Waals surface area contributed by atoms with Gasteiger partial charge in [0.15, 0.2) is 28.9 Å². The van der Waals surface area contributed by atoms with Crippen molar-refractivity contribution in [2.75, 3.05) is 6.61 Å². The zero-order valence-electron chi connectivity index (χ0n) is 11.1. The van der Waals surface area contributed by atoms with Gasteiger partial charge in [-0.2, -0.15) is 0 Å². The van der Waals surface area contributed by atoms with Crippen LogP contribution in [-0.4, -0.2) is 22.2 Å². The number of carbonyl (C=O) groups excluding carboxylic acids is 1. The summed E-state index contributed by atoms with van der Waals surface area (Å²) < 4.78 is 47.4. The van der Waals surface area contributed by atoms with E-state index < -0.39 is 34.9 Å². The van der Waals surface area contributed by atoms with Crippen LogP contribution in [0.15, 0.2) is 0 Å². The number of nitrogens with zero attached hydrogens (tertiary/aromatic N) is 1. The molecule has 0 aliphatic heterocycles. The van der Waals surface area contributed by atoms with Gasteiger partial charge < -0.3 is 14.4 Å². The molecule has 0 saturated carbocycles. The van der Waals surface area contributed by atoms with Crippen molar-refractivity contribution >= 4 is 16.9 Å². The number of fused-ring (bicyclic) bond motifs is 1. The monoisotopic (exact) mass is 287 g/mol. The van der Waals surface area contributed by atoms with Crippen molar-refractivity contribution in [3.05, 3.63) is 28.7 Å². The van der Waals surface area contributed by atoms with Crippen molar-refractivity contribution in [3.8, 4) is 5.75 Å². The van der Waals surface area contributed by atoms with Crippen LogP contribution >= 0.6 is 0 Å². The first kappa shape index (κ1) is 14.2. The van der Waals surface area contributed by atoms with Gasteiger partial charge in [0.05, 0.1) is 12.1 Å². The van der Waals surface area contributed by atoms with Crippen molar-refractivity contribution < 1.29 is 27.8 Å². The molecule has 0 radical (unpaired) electrons. The third kappa shape index (κ3) is 1.73. The van der Waals surface area contributed by atoms with Gasteiger partial charge in [0, 0.05) is 18.0 Å². The Kier molecular flexibility index (Phi) is 3.37. The first-order chi connectivity index (χ1) is 9.32. The lowest BCUT2D eigenvalue weighted by molar-refractivity contribution is 0.0510. The molecule has 1 N–H and O–H groups in total. The molecular weight excluding hydrogens is 275 g/mol. The van der Waals surface area contributed by atoms with Crippen LogP contribution in [0.1, 0.15) is 23.0 Å². The quantitative estimate of drug-likeness (QED) is 0.864. The SMILES string of the molecule is CCOC(=O)c1c(F)c2c(C)c(F)c(O)c(F)c2n1C. The predicted octanol–water partition coefficient (Wildman–Crippen LogP) is 2.79. The normalized spacial score (nSPS) is 11.1. The van der Waals surface area contributed by atoms with Crippen LogP contribution in [0.4, 0.5) is 13.2 Å². The molecule has 2 aromatic rings. The van der Waals surface area contributed by atoms with Gasteiger partial charge in [0.1, 0.15) is 0 Å². The zero-order valence-corrected chi connectivity index (χ0v) is 11.1. The third-order valence-electron chi connectivity index (χ3n) is 3.13. The summed E-state index contributed by atoms with van der Waals surface area (Å²) >= 11 is 0. The number of esters is 1. The molecule has 7 heteroatoms. The number of aryl methyl sites for hydroxylation is 2. The van der Waals surface area contributed by atoms with Crippen molar-refractivity contribution in [3.63, 3.8) is 0 Å². The topological polar surface area (TPSA) is 51.5 Å². The molecule has 1 heterocycles. The summed E-state index contributed by atoms with van der Waals surface area (Å²) in [6.07, 6.45) is 0. The average Bonchev–Trinajstić information content (AvgIpc) is 2.66. The first-order valence-corrected chi connectivity index (χ1v) is 5.84. The molecule has 0 unspecified atom stereocenters. The van der Waals surface area contributed by atoms with Gasteiger partial charge in [-0.15, -0.1) is 0 Å². The maximum absolute atomic E-state index is 14.3. The number of phenols is 1. The van der Waals surface area contributed by atoms with E-state index in [1.54, 1.807) is 0 Å². The standard InChI is InChI=1S/C13H12F3NO3/c1-4-20-13(19)11-8(15)6-5(2)7(14)12(18)9(16)10(6)17(11)3/h18H,4H2,1-3H3. The molecule has 0 bridgehead atoms. The molecule has 0 aliphatic rings. The second-order valence-electron chi connectivity index (χ2n) is 4.27. The number of aromatic hydroxyl groups is 1. The Bertz CT molecular complexity index is 671. The molecule has 0 atom stereocenters. The second-order valence-corrected chi connectivity index (χ2v) is 4.27. The van der Waals surface area contributed by atoms with Crippen molar-refractivity contribution in [1.82, 2.24) is 4.57 Å². The van der Waals surface area contributed by atoms with Gasteiger partial charge in [-0.1, -0.05) is 0 Å². The van der Waals surface area contributed by atoms with Gasteiger partial charge in [-0.3, -0.25) is 0 Å². The summed E-state index contributed by atoms with van der Waals surface area (Å²) in [4.78, 5) is 11.7.